The number of nitriles is 1. The van der Waals surface area contributed by atoms with Crippen molar-refractivity contribution in [1.82, 2.24) is 4.57 Å². The first-order chi connectivity index (χ1) is 12.1. The summed E-state index contributed by atoms with van der Waals surface area (Å²) in [5, 5.41) is 14.0. The summed E-state index contributed by atoms with van der Waals surface area (Å²) >= 11 is 1.40. The molecule has 126 valence electrons. The predicted octanol–water partition coefficient (Wildman–Crippen LogP) is 4.71. The fourth-order valence-electron chi connectivity index (χ4n) is 3.15. The van der Waals surface area contributed by atoms with E-state index in [9.17, 15) is 10.1 Å². The SMILES string of the molecule is Cc1ccc(Nc2c(C#N)sc3c2ccc(=O)n3CC2CC2)c(C)c1. The molecule has 0 unspecified atom stereocenters. The van der Waals surface area contributed by atoms with Crippen molar-refractivity contribution < 1.29 is 0 Å². The number of rotatable bonds is 4. The van der Waals surface area contributed by atoms with Crippen molar-refractivity contribution in [2.75, 3.05) is 5.32 Å². The highest BCUT2D eigenvalue weighted by Gasteiger charge is 2.24. The highest BCUT2D eigenvalue weighted by molar-refractivity contribution is 7.19. The minimum Gasteiger partial charge on any atom is -0.353 e. The largest absolute Gasteiger partial charge is 0.353 e. The Morgan fingerprint density at radius 3 is 2.76 bits per heavy atom. The molecule has 1 aromatic carbocycles. The van der Waals surface area contributed by atoms with Gasteiger partial charge in [0.15, 0.2) is 0 Å². The summed E-state index contributed by atoms with van der Waals surface area (Å²) in [5.74, 6) is 0.603. The zero-order valence-corrected chi connectivity index (χ0v) is 15.1. The van der Waals surface area contributed by atoms with E-state index in [0.717, 1.165) is 33.7 Å². The van der Waals surface area contributed by atoms with Gasteiger partial charge in [0, 0.05) is 23.7 Å². The van der Waals surface area contributed by atoms with Crippen molar-refractivity contribution in [3.63, 3.8) is 0 Å². The lowest BCUT2D eigenvalue weighted by Crippen LogP contribution is -2.19. The van der Waals surface area contributed by atoms with Gasteiger partial charge in [-0.3, -0.25) is 9.36 Å². The molecule has 0 aliphatic heterocycles. The third-order valence-corrected chi connectivity index (χ3v) is 5.84. The number of thiophene rings is 1. The zero-order valence-electron chi connectivity index (χ0n) is 14.3. The Bertz CT molecular complexity index is 1070. The number of fused-ring (bicyclic) bond motifs is 1. The summed E-state index contributed by atoms with van der Waals surface area (Å²) < 4.78 is 1.84. The van der Waals surface area contributed by atoms with E-state index in [4.69, 9.17) is 0 Å². The van der Waals surface area contributed by atoms with Gasteiger partial charge in [-0.1, -0.05) is 17.7 Å². The van der Waals surface area contributed by atoms with E-state index in [1.165, 1.54) is 29.7 Å². The van der Waals surface area contributed by atoms with E-state index in [0.29, 0.717) is 10.8 Å². The first-order valence-electron chi connectivity index (χ1n) is 8.47. The molecule has 2 heterocycles. The van der Waals surface area contributed by atoms with E-state index in [2.05, 4.69) is 37.4 Å². The molecule has 1 saturated carbocycles. The van der Waals surface area contributed by atoms with Gasteiger partial charge < -0.3 is 5.32 Å². The van der Waals surface area contributed by atoms with Crippen LogP contribution in [0.15, 0.2) is 35.1 Å². The molecule has 1 aliphatic rings. The first-order valence-corrected chi connectivity index (χ1v) is 9.29. The molecule has 3 aromatic rings. The Morgan fingerprint density at radius 2 is 2.08 bits per heavy atom. The third-order valence-electron chi connectivity index (χ3n) is 4.71. The second kappa shape index (κ2) is 6.05. The second-order valence-corrected chi connectivity index (χ2v) is 7.80. The fourth-order valence-corrected chi connectivity index (χ4v) is 4.21. The minimum atomic E-state index is 0.0169. The highest BCUT2D eigenvalue weighted by atomic mass is 32.1. The van der Waals surface area contributed by atoms with Gasteiger partial charge in [0.25, 0.3) is 5.56 Å². The molecule has 2 aromatic heterocycles. The lowest BCUT2D eigenvalue weighted by atomic mass is 10.1. The van der Waals surface area contributed by atoms with Gasteiger partial charge in [0.2, 0.25) is 0 Å². The maximum Gasteiger partial charge on any atom is 0.251 e. The predicted molar refractivity (Wildman–Crippen MR) is 103 cm³/mol. The number of hydrogen-bond donors (Lipinski definition) is 1. The molecule has 1 aliphatic carbocycles. The molecular formula is C20H19N3OS. The Balaban J connectivity index is 1.85. The topological polar surface area (TPSA) is 57.8 Å². The molecule has 0 saturated heterocycles. The molecule has 1 fully saturated rings. The summed E-state index contributed by atoms with van der Waals surface area (Å²) in [7, 11) is 0. The molecule has 0 spiro atoms. The lowest BCUT2D eigenvalue weighted by Gasteiger charge is -2.11. The summed E-state index contributed by atoms with van der Waals surface area (Å²) in [5.41, 5.74) is 4.15. The summed E-state index contributed by atoms with van der Waals surface area (Å²) in [6.45, 7) is 4.87. The van der Waals surface area contributed by atoms with Crippen molar-refractivity contribution in [2.45, 2.75) is 33.2 Å². The van der Waals surface area contributed by atoms with Gasteiger partial charge in [-0.05, 0) is 50.3 Å². The Morgan fingerprint density at radius 1 is 1.28 bits per heavy atom. The molecule has 4 rings (SSSR count). The quantitative estimate of drug-likeness (QED) is 0.742. The van der Waals surface area contributed by atoms with Crippen molar-refractivity contribution in [1.29, 1.82) is 5.26 Å². The maximum absolute atomic E-state index is 12.3. The highest BCUT2D eigenvalue weighted by Crippen LogP contribution is 2.38. The number of aryl methyl sites for hydroxylation is 2. The maximum atomic E-state index is 12.3. The van der Waals surface area contributed by atoms with Gasteiger partial charge in [0.05, 0.1) is 5.69 Å². The average molecular weight is 349 g/mol. The van der Waals surface area contributed by atoms with E-state index in [-0.39, 0.29) is 5.56 Å². The van der Waals surface area contributed by atoms with Crippen LogP contribution >= 0.6 is 11.3 Å². The number of nitrogens with one attached hydrogen (secondary N) is 1. The number of anilines is 2. The van der Waals surface area contributed by atoms with Crippen LogP contribution in [0.1, 0.15) is 28.8 Å². The number of pyridine rings is 1. The normalized spacial score (nSPS) is 13.8. The van der Waals surface area contributed by atoms with Gasteiger partial charge in [-0.25, -0.2) is 0 Å². The first kappa shape index (κ1) is 15.9. The van der Waals surface area contributed by atoms with Gasteiger partial charge >= 0.3 is 0 Å². The molecule has 25 heavy (non-hydrogen) atoms. The standard InChI is InChI=1S/C20H19N3OS/c1-12-3-7-16(13(2)9-12)22-19-15-6-8-18(24)23(11-14-4-5-14)20(15)25-17(19)10-21/h3,6-9,14,22H,4-5,11H2,1-2H3. The number of hydrogen-bond acceptors (Lipinski definition) is 4. The molecule has 5 heteroatoms. The van der Waals surface area contributed by atoms with Crippen LogP contribution in [0.25, 0.3) is 10.2 Å². The summed E-state index contributed by atoms with van der Waals surface area (Å²) in [6.07, 6.45) is 2.37. The van der Waals surface area contributed by atoms with Gasteiger partial charge in [-0.2, -0.15) is 5.26 Å². The fraction of sp³-hybridized carbons (Fsp3) is 0.300. The van der Waals surface area contributed by atoms with Crippen molar-refractivity contribution in [3.8, 4) is 6.07 Å². The van der Waals surface area contributed by atoms with Crippen LogP contribution in [0.4, 0.5) is 11.4 Å². The minimum absolute atomic E-state index is 0.0169. The molecule has 1 N–H and O–H groups in total. The van der Waals surface area contributed by atoms with E-state index >= 15 is 0 Å². The van der Waals surface area contributed by atoms with E-state index in [1.807, 2.05) is 16.7 Å². The third kappa shape index (κ3) is 2.94. The lowest BCUT2D eigenvalue weighted by molar-refractivity contribution is 0.630. The number of nitrogens with zero attached hydrogens (tertiary/aromatic N) is 2. The zero-order chi connectivity index (χ0) is 17.6. The molecule has 0 amide bonds. The monoisotopic (exact) mass is 349 g/mol. The Labute approximate surface area is 150 Å². The van der Waals surface area contributed by atoms with Crippen LogP contribution in [0, 0.1) is 31.1 Å². The second-order valence-electron chi connectivity index (χ2n) is 6.81. The van der Waals surface area contributed by atoms with E-state index in [1.54, 1.807) is 6.07 Å². The molecule has 0 atom stereocenters. The van der Waals surface area contributed by atoms with Crippen LogP contribution in [-0.4, -0.2) is 4.57 Å². The molecule has 0 bridgehead atoms. The molecule has 0 radical (unpaired) electrons. The molecule has 4 nitrogen and oxygen atoms in total. The van der Waals surface area contributed by atoms with Crippen LogP contribution < -0.4 is 10.9 Å². The van der Waals surface area contributed by atoms with Crippen LogP contribution in [0.3, 0.4) is 0 Å². The van der Waals surface area contributed by atoms with E-state index < -0.39 is 0 Å². The van der Waals surface area contributed by atoms with Crippen molar-refractivity contribution >= 4 is 32.9 Å². The summed E-state index contributed by atoms with van der Waals surface area (Å²) in [6, 6.07) is 12.0. The van der Waals surface area contributed by atoms with Crippen LogP contribution in [0.5, 0.6) is 0 Å². The van der Waals surface area contributed by atoms with Gasteiger partial charge in [-0.15, -0.1) is 11.3 Å². The average Bonchev–Trinajstić information content (AvgIpc) is 3.33. The smallest absolute Gasteiger partial charge is 0.251 e. The molecular weight excluding hydrogens is 330 g/mol. The Hall–Kier alpha value is -2.58. The Kier molecular flexibility index (Phi) is 3.85. The number of aromatic nitrogens is 1. The van der Waals surface area contributed by atoms with Crippen LogP contribution in [0.2, 0.25) is 0 Å². The van der Waals surface area contributed by atoms with Crippen molar-refractivity contribution in [2.24, 2.45) is 5.92 Å². The van der Waals surface area contributed by atoms with Gasteiger partial charge in [0.1, 0.15) is 15.8 Å². The van der Waals surface area contributed by atoms with Crippen LogP contribution in [-0.2, 0) is 6.54 Å². The summed E-state index contributed by atoms with van der Waals surface area (Å²) in [4.78, 5) is 13.8. The number of benzene rings is 1. The van der Waals surface area contributed by atoms with Crippen molar-refractivity contribution in [3.05, 3.63) is 56.7 Å².